The van der Waals surface area contributed by atoms with E-state index in [9.17, 15) is 17.6 Å². The van der Waals surface area contributed by atoms with Crippen LogP contribution in [-0.4, -0.2) is 31.5 Å². The summed E-state index contributed by atoms with van der Waals surface area (Å²) in [5.74, 6) is -1.33. The van der Waals surface area contributed by atoms with Gasteiger partial charge in [-0.2, -0.15) is 8.42 Å². The number of rotatable bonds is 7. The monoisotopic (exact) mass is 528 g/mol. The van der Waals surface area contributed by atoms with Crippen LogP contribution in [-0.2, 0) is 16.6 Å². The molecule has 9 nitrogen and oxygen atoms in total. The first-order chi connectivity index (χ1) is 17.2. The third-order valence-corrected chi connectivity index (χ3v) is 7.75. The van der Waals surface area contributed by atoms with E-state index in [4.69, 9.17) is 9.15 Å². The van der Waals surface area contributed by atoms with E-state index in [1.54, 1.807) is 13.0 Å². The molecule has 3 heterocycles. The Kier molecular flexibility index (Phi) is 6.33. The molecule has 1 aromatic carbocycles. The lowest BCUT2D eigenvalue weighted by atomic mass is 9.99. The number of thiazole rings is 1. The van der Waals surface area contributed by atoms with Crippen molar-refractivity contribution in [2.45, 2.75) is 25.9 Å². The summed E-state index contributed by atoms with van der Waals surface area (Å²) in [6.45, 7) is 1.77. The molecule has 5 rings (SSSR count). The fourth-order valence-corrected chi connectivity index (χ4v) is 5.31. The van der Waals surface area contributed by atoms with Crippen molar-refractivity contribution < 1.29 is 22.0 Å². The number of para-hydroxylation sites is 1. The van der Waals surface area contributed by atoms with Crippen LogP contribution in [0.4, 0.5) is 10.2 Å². The zero-order valence-corrected chi connectivity index (χ0v) is 20.9. The average molecular weight is 529 g/mol. The first kappa shape index (κ1) is 24.1. The maximum absolute atomic E-state index is 15.0. The fourth-order valence-electron chi connectivity index (χ4n) is 3.94. The largest absolute Gasteiger partial charge is 0.462 e. The maximum atomic E-state index is 15.0. The molecule has 4 aromatic rings. The number of ether oxygens (including phenoxy) is 1. The molecule has 0 saturated carbocycles. The van der Waals surface area contributed by atoms with E-state index in [1.165, 1.54) is 30.6 Å². The molecule has 1 atom stereocenters. The highest BCUT2D eigenvalue weighted by Gasteiger charge is 2.20. The Labute approximate surface area is 209 Å². The highest BCUT2D eigenvalue weighted by atomic mass is 32.2. The number of hydrogen-bond acceptors (Lipinski definition) is 8. The smallest absolute Gasteiger partial charge is 0.340 e. The predicted molar refractivity (Wildman–Crippen MR) is 135 cm³/mol. The van der Waals surface area contributed by atoms with E-state index < -0.39 is 27.5 Å². The lowest BCUT2D eigenvalue weighted by Crippen LogP contribution is -2.39. The molecule has 0 amide bonds. The summed E-state index contributed by atoms with van der Waals surface area (Å²) >= 11 is 1.44. The molecule has 0 saturated heterocycles. The minimum atomic E-state index is -3.96. The van der Waals surface area contributed by atoms with Crippen molar-refractivity contribution >= 4 is 49.7 Å². The summed E-state index contributed by atoms with van der Waals surface area (Å²) in [5.41, 5.74) is 1.67. The normalized spacial score (nSPS) is 15.1. The quantitative estimate of drug-likeness (QED) is 0.376. The highest BCUT2D eigenvalue weighted by Crippen LogP contribution is 2.28. The second-order valence-electron chi connectivity index (χ2n) is 8.10. The van der Waals surface area contributed by atoms with Crippen molar-refractivity contribution in [2.75, 3.05) is 11.8 Å². The van der Waals surface area contributed by atoms with Gasteiger partial charge in [-0.3, -0.25) is 4.72 Å². The number of benzene rings is 1. The van der Waals surface area contributed by atoms with Gasteiger partial charge >= 0.3 is 5.63 Å². The van der Waals surface area contributed by atoms with Gasteiger partial charge in [0.15, 0.2) is 11.6 Å². The van der Waals surface area contributed by atoms with Gasteiger partial charge in [0.1, 0.15) is 11.5 Å². The van der Waals surface area contributed by atoms with E-state index in [0.29, 0.717) is 22.6 Å². The molecule has 1 aliphatic carbocycles. The Hall–Kier alpha value is -3.61. The van der Waals surface area contributed by atoms with Gasteiger partial charge in [0.25, 0.3) is 15.4 Å². The fraction of sp³-hybridized carbons (Fsp3) is 0.208. The van der Waals surface area contributed by atoms with Gasteiger partial charge in [-0.1, -0.05) is 29.5 Å². The number of pyridine rings is 1. The molecule has 3 aromatic heterocycles. The minimum Gasteiger partial charge on any atom is -0.462 e. The lowest BCUT2D eigenvalue weighted by Gasteiger charge is -2.15. The standard InChI is InChI=1S/C24H21FN4O5S2/c1-13-16-8-7-15(33-24-28-18-5-3-4-6-20(18)35-24)12-19(16)34-23(30)17(13)11-14-9-10-27-22(21(14)25)29-36(31,32)26-2/h3-6,8-10,12,15,26H,7,11H2,1-2H3,(H,27,29). The Morgan fingerprint density at radius 1 is 1.28 bits per heavy atom. The van der Waals surface area contributed by atoms with Crippen LogP contribution in [0.3, 0.4) is 0 Å². The van der Waals surface area contributed by atoms with Gasteiger partial charge in [0, 0.05) is 36.9 Å². The van der Waals surface area contributed by atoms with Crippen LogP contribution in [0, 0.1) is 12.7 Å². The molecular weight excluding hydrogens is 507 g/mol. The first-order valence-electron chi connectivity index (χ1n) is 11.0. The van der Waals surface area contributed by atoms with Gasteiger partial charge in [-0.15, -0.1) is 0 Å². The summed E-state index contributed by atoms with van der Waals surface area (Å²) in [6, 6.07) is 9.13. The molecule has 0 bridgehead atoms. The second kappa shape index (κ2) is 9.45. The maximum Gasteiger partial charge on any atom is 0.340 e. The molecule has 0 fully saturated rings. The second-order valence-corrected chi connectivity index (χ2v) is 10.7. The van der Waals surface area contributed by atoms with Crippen LogP contribution in [0.5, 0.6) is 5.19 Å². The van der Waals surface area contributed by atoms with Crippen molar-refractivity contribution in [3.8, 4) is 5.19 Å². The number of fused-ring (bicyclic) bond motifs is 2. The summed E-state index contributed by atoms with van der Waals surface area (Å²) in [4.78, 5) is 21.1. The number of anilines is 1. The molecule has 36 heavy (non-hydrogen) atoms. The number of halogens is 1. The van der Waals surface area contributed by atoms with Gasteiger partial charge in [0.05, 0.1) is 10.2 Å². The summed E-state index contributed by atoms with van der Waals surface area (Å²) in [6.07, 6.45) is 5.03. The molecule has 1 aliphatic rings. The van der Waals surface area contributed by atoms with Crippen LogP contribution < -0.4 is 30.4 Å². The van der Waals surface area contributed by atoms with Gasteiger partial charge in [0.2, 0.25) is 0 Å². The number of hydrogen-bond donors (Lipinski definition) is 2. The third-order valence-electron chi connectivity index (χ3n) is 5.83. The topological polar surface area (TPSA) is 123 Å². The third kappa shape index (κ3) is 4.74. The van der Waals surface area contributed by atoms with E-state index in [2.05, 4.69) is 9.97 Å². The molecule has 0 radical (unpaired) electrons. The summed E-state index contributed by atoms with van der Waals surface area (Å²) in [5, 5.41) is 1.27. The van der Waals surface area contributed by atoms with E-state index in [1.807, 2.05) is 39.8 Å². The number of nitrogens with zero attached hydrogens (tertiary/aromatic N) is 2. The van der Waals surface area contributed by atoms with E-state index in [-0.39, 0.29) is 23.7 Å². The molecule has 186 valence electrons. The Morgan fingerprint density at radius 2 is 2.08 bits per heavy atom. The van der Waals surface area contributed by atoms with Crippen LogP contribution in [0.2, 0.25) is 0 Å². The molecule has 12 heteroatoms. The first-order valence-corrected chi connectivity index (χ1v) is 13.3. The minimum absolute atomic E-state index is 0.0937. The Morgan fingerprint density at radius 3 is 2.86 bits per heavy atom. The average Bonchev–Trinajstić information content (AvgIpc) is 3.26. The predicted octanol–water partition coefficient (Wildman–Crippen LogP) is 1.97. The van der Waals surface area contributed by atoms with Gasteiger partial charge in [-0.25, -0.2) is 23.9 Å². The summed E-state index contributed by atoms with van der Waals surface area (Å²) in [7, 11) is -2.77. The number of aromatic nitrogens is 2. The zero-order chi connectivity index (χ0) is 25.4. The number of nitrogens with one attached hydrogen (secondary N) is 2. The Bertz CT molecular complexity index is 1730. The van der Waals surface area contributed by atoms with Crippen LogP contribution in [0.25, 0.3) is 22.4 Å². The van der Waals surface area contributed by atoms with E-state index >= 15 is 0 Å². The van der Waals surface area contributed by atoms with Crippen molar-refractivity contribution in [1.82, 2.24) is 14.7 Å². The van der Waals surface area contributed by atoms with Crippen molar-refractivity contribution in [3.63, 3.8) is 0 Å². The highest BCUT2D eigenvalue weighted by molar-refractivity contribution is 7.90. The van der Waals surface area contributed by atoms with Crippen LogP contribution in [0.1, 0.15) is 23.1 Å². The van der Waals surface area contributed by atoms with Crippen molar-refractivity contribution in [1.29, 1.82) is 0 Å². The summed E-state index contributed by atoms with van der Waals surface area (Å²) < 4.78 is 55.1. The lowest BCUT2D eigenvalue weighted by molar-refractivity contribution is 0.265. The van der Waals surface area contributed by atoms with Crippen molar-refractivity contribution in [3.05, 3.63) is 80.1 Å². The molecule has 2 N–H and O–H groups in total. The molecule has 1 unspecified atom stereocenters. The van der Waals surface area contributed by atoms with Crippen LogP contribution in [0.15, 0.2) is 45.7 Å². The molecule has 0 spiro atoms. The zero-order valence-electron chi connectivity index (χ0n) is 19.2. The van der Waals surface area contributed by atoms with Gasteiger partial charge < -0.3 is 9.15 Å². The molecule has 0 aliphatic heterocycles. The van der Waals surface area contributed by atoms with E-state index in [0.717, 1.165) is 15.4 Å². The molecular formula is C24H21FN4O5S2. The SMILES string of the molecule is CNS(=O)(=O)Nc1nccc(Cc2c(C)c3c(oc2=O)=CC(Oc2nc4ccccc4s2)CC=3)c1F. The Balaban J connectivity index is 1.44. The van der Waals surface area contributed by atoms with Crippen molar-refractivity contribution in [2.24, 2.45) is 0 Å². The van der Waals surface area contributed by atoms with Gasteiger partial charge in [-0.05, 0) is 42.3 Å². The van der Waals surface area contributed by atoms with Crippen LogP contribution >= 0.6 is 11.3 Å².